The van der Waals surface area contributed by atoms with E-state index in [0.29, 0.717) is 13.1 Å². The van der Waals surface area contributed by atoms with Crippen LogP contribution in [0.2, 0.25) is 0 Å². The third kappa shape index (κ3) is 20.5. The number of alkyl carbamates (subject to hydrolysis) is 1. The summed E-state index contributed by atoms with van der Waals surface area (Å²) in [5.41, 5.74) is -0.439. The van der Waals surface area contributed by atoms with Crippen LogP contribution in [0.1, 0.15) is 72.1 Å². The van der Waals surface area contributed by atoms with E-state index in [0.717, 1.165) is 64.5 Å². The number of carboxylic acid groups (broad SMARTS) is 1. The lowest BCUT2D eigenvalue weighted by atomic mass is 10.2. The van der Waals surface area contributed by atoms with E-state index in [1.54, 1.807) is 0 Å². The van der Waals surface area contributed by atoms with Crippen molar-refractivity contribution >= 4 is 12.2 Å². The molecule has 0 radical (unpaired) electrons. The first-order chi connectivity index (χ1) is 11.8. The summed E-state index contributed by atoms with van der Waals surface area (Å²) in [6.07, 6.45) is 7.33. The maximum atomic E-state index is 11.4. The highest BCUT2D eigenvalue weighted by molar-refractivity contribution is 5.67. The molecule has 148 valence electrons. The summed E-state index contributed by atoms with van der Waals surface area (Å²) in [6, 6.07) is 0. The molecule has 0 aliphatic carbocycles. The van der Waals surface area contributed by atoms with Crippen molar-refractivity contribution in [1.29, 1.82) is 0 Å². The van der Waals surface area contributed by atoms with Crippen LogP contribution in [-0.4, -0.2) is 49.1 Å². The maximum absolute atomic E-state index is 11.4. The standard InChI is InChI=1S/C18H37N3O4/c1-18(2,3)25-17(24)21-15-11-7-5-9-13-19-12-8-4-6-10-14-20-16(22)23/h19-20H,4-15H2,1-3H3,(H,21,24)(H,22,23). The molecular formula is C18H37N3O4. The molecule has 0 spiro atoms. The highest BCUT2D eigenvalue weighted by Crippen LogP contribution is 2.06. The van der Waals surface area contributed by atoms with Crippen molar-refractivity contribution in [3.8, 4) is 0 Å². The molecule has 7 nitrogen and oxygen atoms in total. The molecule has 0 fully saturated rings. The van der Waals surface area contributed by atoms with Crippen LogP contribution in [0.15, 0.2) is 0 Å². The fourth-order valence-electron chi connectivity index (χ4n) is 2.28. The van der Waals surface area contributed by atoms with E-state index in [-0.39, 0.29) is 6.09 Å². The van der Waals surface area contributed by atoms with E-state index in [4.69, 9.17) is 9.84 Å². The first kappa shape index (κ1) is 23.5. The molecule has 0 aromatic heterocycles. The van der Waals surface area contributed by atoms with Gasteiger partial charge in [-0.05, 0) is 59.5 Å². The lowest BCUT2D eigenvalue weighted by Gasteiger charge is -2.19. The van der Waals surface area contributed by atoms with Crippen molar-refractivity contribution in [2.24, 2.45) is 0 Å². The zero-order valence-electron chi connectivity index (χ0n) is 16.2. The molecule has 0 saturated heterocycles. The summed E-state index contributed by atoms with van der Waals surface area (Å²) in [6.45, 7) is 8.83. The van der Waals surface area contributed by atoms with Gasteiger partial charge in [0.25, 0.3) is 0 Å². The van der Waals surface area contributed by atoms with Crippen LogP contribution < -0.4 is 16.0 Å². The van der Waals surface area contributed by atoms with Gasteiger partial charge in [0.2, 0.25) is 0 Å². The summed E-state index contributed by atoms with van der Waals surface area (Å²) in [5.74, 6) is 0. The lowest BCUT2D eigenvalue weighted by Crippen LogP contribution is -2.33. The number of carbonyl (C=O) groups is 2. The zero-order chi connectivity index (χ0) is 19.0. The molecule has 0 bridgehead atoms. The molecule has 0 unspecified atom stereocenters. The second kappa shape index (κ2) is 14.8. The largest absolute Gasteiger partial charge is 0.465 e. The van der Waals surface area contributed by atoms with Gasteiger partial charge in [-0.2, -0.15) is 0 Å². The second-order valence-corrected chi connectivity index (χ2v) is 7.24. The second-order valence-electron chi connectivity index (χ2n) is 7.24. The van der Waals surface area contributed by atoms with Crippen LogP contribution in [0, 0.1) is 0 Å². The number of amides is 2. The Labute approximate surface area is 152 Å². The average Bonchev–Trinajstić information content (AvgIpc) is 2.49. The number of unbranched alkanes of at least 4 members (excludes halogenated alkanes) is 6. The van der Waals surface area contributed by atoms with Gasteiger partial charge in [0.1, 0.15) is 5.60 Å². The SMILES string of the molecule is CC(C)(C)OC(=O)NCCCCCCNCCCCCCNC(=O)O. The third-order valence-electron chi connectivity index (χ3n) is 3.51. The molecule has 4 N–H and O–H groups in total. The zero-order valence-corrected chi connectivity index (χ0v) is 16.2. The van der Waals surface area contributed by atoms with Crippen molar-refractivity contribution < 1.29 is 19.4 Å². The number of carbonyl (C=O) groups excluding carboxylic acids is 1. The van der Waals surface area contributed by atoms with E-state index in [2.05, 4.69) is 16.0 Å². The summed E-state index contributed by atoms with van der Waals surface area (Å²) in [4.78, 5) is 21.7. The fraction of sp³-hybridized carbons (Fsp3) is 0.889. The van der Waals surface area contributed by atoms with Crippen molar-refractivity contribution in [3.63, 3.8) is 0 Å². The number of ether oxygens (including phenoxy) is 1. The van der Waals surface area contributed by atoms with Crippen LogP contribution in [0.25, 0.3) is 0 Å². The van der Waals surface area contributed by atoms with Gasteiger partial charge in [0, 0.05) is 13.1 Å². The number of hydrogen-bond acceptors (Lipinski definition) is 4. The number of rotatable bonds is 14. The van der Waals surface area contributed by atoms with Gasteiger partial charge in [-0.3, -0.25) is 0 Å². The van der Waals surface area contributed by atoms with Crippen molar-refractivity contribution in [3.05, 3.63) is 0 Å². The topological polar surface area (TPSA) is 99.7 Å². The molecule has 2 amide bonds. The summed E-state index contributed by atoms with van der Waals surface area (Å²) < 4.78 is 5.17. The molecule has 0 aliphatic heterocycles. The quantitative estimate of drug-likeness (QED) is 0.356. The van der Waals surface area contributed by atoms with Gasteiger partial charge in [-0.1, -0.05) is 25.7 Å². The average molecular weight is 360 g/mol. The lowest BCUT2D eigenvalue weighted by molar-refractivity contribution is 0.0527. The van der Waals surface area contributed by atoms with Crippen LogP contribution >= 0.6 is 0 Å². The van der Waals surface area contributed by atoms with E-state index < -0.39 is 11.7 Å². The highest BCUT2D eigenvalue weighted by atomic mass is 16.6. The van der Waals surface area contributed by atoms with Gasteiger partial charge in [-0.25, -0.2) is 9.59 Å². The first-order valence-corrected chi connectivity index (χ1v) is 9.45. The molecule has 0 saturated carbocycles. The summed E-state index contributed by atoms with van der Waals surface area (Å²) >= 11 is 0. The smallest absolute Gasteiger partial charge is 0.407 e. The van der Waals surface area contributed by atoms with Crippen LogP contribution in [0.5, 0.6) is 0 Å². The summed E-state index contributed by atoms with van der Waals surface area (Å²) in [5, 5.41) is 17.0. The Morgan fingerprint density at radius 1 is 0.760 bits per heavy atom. The Hall–Kier alpha value is -1.50. The van der Waals surface area contributed by atoms with Gasteiger partial charge in [0.15, 0.2) is 0 Å². The fourth-order valence-corrected chi connectivity index (χ4v) is 2.28. The molecule has 25 heavy (non-hydrogen) atoms. The Morgan fingerprint density at radius 3 is 1.64 bits per heavy atom. The van der Waals surface area contributed by atoms with Gasteiger partial charge >= 0.3 is 12.2 Å². The molecule has 0 atom stereocenters. The van der Waals surface area contributed by atoms with Crippen molar-refractivity contribution in [2.45, 2.75) is 77.7 Å². The molecule has 7 heteroatoms. The minimum Gasteiger partial charge on any atom is -0.465 e. The van der Waals surface area contributed by atoms with E-state index in [1.807, 2.05) is 20.8 Å². The monoisotopic (exact) mass is 359 g/mol. The molecule has 0 heterocycles. The van der Waals surface area contributed by atoms with E-state index in [1.165, 1.54) is 0 Å². The maximum Gasteiger partial charge on any atom is 0.407 e. The van der Waals surface area contributed by atoms with Crippen molar-refractivity contribution in [2.75, 3.05) is 26.2 Å². The Kier molecular flexibility index (Phi) is 13.9. The Balaban J connectivity index is 3.17. The Morgan fingerprint density at radius 2 is 1.20 bits per heavy atom. The third-order valence-corrected chi connectivity index (χ3v) is 3.51. The predicted molar refractivity (Wildman–Crippen MR) is 100 cm³/mol. The molecule has 0 aliphatic rings. The predicted octanol–water partition coefficient (Wildman–Crippen LogP) is 3.49. The summed E-state index contributed by atoms with van der Waals surface area (Å²) in [7, 11) is 0. The minimum atomic E-state index is -0.942. The van der Waals surface area contributed by atoms with Crippen LogP contribution in [0.4, 0.5) is 9.59 Å². The van der Waals surface area contributed by atoms with Crippen LogP contribution in [0.3, 0.4) is 0 Å². The minimum absolute atomic E-state index is 0.340. The van der Waals surface area contributed by atoms with E-state index in [9.17, 15) is 9.59 Å². The van der Waals surface area contributed by atoms with Crippen molar-refractivity contribution in [1.82, 2.24) is 16.0 Å². The molecule has 0 aromatic carbocycles. The molecular weight excluding hydrogens is 322 g/mol. The molecule has 0 rings (SSSR count). The van der Waals surface area contributed by atoms with Gasteiger partial charge in [-0.15, -0.1) is 0 Å². The van der Waals surface area contributed by atoms with Gasteiger partial charge < -0.3 is 25.8 Å². The highest BCUT2D eigenvalue weighted by Gasteiger charge is 2.15. The van der Waals surface area contributed by atoms with Gasteiger partial charge in [0.05, 0.1) is 0 Å². The van der Waals surface area contributed by atoms with Crippen LogP contribution in [-0.2, 0) is 4.74 Å². The Bertz CT molecular complexity index is 357. The molecule has 0 aromatic rings. The number of hydrogen-bond donors (Lipinski definition) is 4. The normalized spacial score (nSPS) is 11.2. The van der Waals surface area contributed by atoms with E-state index >= 15 is 0 Å². The number of nitrogens with one attached hydrogen (secondary N) is 3. The first-order valence-electron chi connectivity index (χ1n) is 9.45.